The Morgan fingerprint density at radius 2 is 1.65 bits per heavy atom. The summed E-state index contributed by atoms with van der Waals surface area (Å²) < 4.78 is 0. The molecule has 3 aromatic carbocycles. The number of carbonyl (C=O) groups excluding carboxylic acids is 2. The van der Waals surface area contributed by atoms with Crippen LogP contribution in [-0.2, 0) is 11.3 Å². The minimum absolute atomic E-state index is 0.0955. The molecule has 2 atom stereocenters. The largest absolute Gasteiger partial charge is 0.481 e. The number of nitrogens with zero attached hydrogens (tertiary/aromatic N) is 1. The molecule has 0 saturated heterocycles. The number of carbonyl (C=O) groups is 3. The summed E-state index contributed by atoms with van der Waals surface area (Å²) in [5.74, 6) is -1.63. The molecule has 0 aromatic heterocycles. The van der Waals surface area contributed by atoms with Crippen LogP contribution in [0.1, 0.15) is 45.5 Å². The van der Waals surface area contributed by atoms with E-state index in [4.69, 9.17) is 11.6 Å². The predicted octanol–water partition coefficient (Wildman–Crippen LogP) is 5.47. The van der Waals surface area contributed by atoms with Gasteiger partial charge in [-0.3, -0.25) is 14.4 Å². The summed E-state index contributed by atoms with van der Waals surface area (Å²) in [6.07, 6.45) is 2.17. The molecule has 3 aromatic rings. The average Bonchev–Trinajstić information content (AvgIpc) is 3.45. The van der Waals surface area contributed by atoms with Crippen molar-refractivity contribution < 1.29 is 19.5 Å². The first kappa shape index (κ1) is 22.2. The van der Waals surface area contributed by atoms with Crippen LogP contribution < -0.4 is 5.32 Å². The Morgan fingerprint density at radius 3 is 2.35 bits per heavy atom. The first-order valence-electron chi connectivity index (χ1n) is 11.2. The molecule has 6 nitrogen and oxygen atoms in total. The maximum atomic E-state index is 13.1. The number of rotatable bonds is 5. The minimum atomic E-state index is -0.824. The molecule has 0 bridgehead atoms. The fourth-order valence-corrected chi connectivity index (χ4v) is 5.05. The van der Waals surface area contributed by atoms with Crippen molar-refractivity contribution in [3.63, 3.8) is 0 Å². The first-order valence-corrected chi connectivity index (χ1v) is 11.6. The summed E-state index contributed by atoms with van der Waals surface area (Å²) in [6, 6.07) is 19.7. The SMILES string of the molecule is O=C(Nc1ccc(-c2ccc3c(c2)C(=O)N(C2CCCC2C(=O)O)C3)cc1)c1ccc(Cl)cc1. The number of aliphatic carboxylic acids is 1. The number of carboxylic acid groups (broad SMARTS) is 1. The fourth-order valence-electron chi connectivity index (χ4n) is 4.92. The van der Waals surface area contributed by atoms with E-state index in [-0.39, 0.29) is 17.9 Å². The highest BCUT2D eigenvalue weighted by Gasteiger charge is 2.42. The molecule has 2 amide bonds. The lowest BCUT2D eigenvalue weighted by Gasteiger charge is -2.27. The topological polar surface area (TPSA) is 86.7 Å². The number of anilines is 1. The van der Waals surface area contributed by atoms with Gasteiger partial charge in [-0.25, -0.2) is 0 Å². The monoisotopic (exact) mass is 474 g/mol. The molecule has 1 aliphatic carbocycles. The number of nitrogens with one attached hydrogen (secondary N) is 1. The zero-order valence-corrected chi connectivity index (χ0v) is 19.1. The van der Waals surface area contributed by atoms with Gasteiger partial charge in [0.2, 0.25) is 0 Å². The molecule has 1 aliphatic heterocycles. The highest BCUT2D eigenvalue weighted by atomic mass is 35.5. The van der Waals surface area contributed by atoms with Crippen molar-refractivity contribution in [1.29, 1.82) is 0 Å². The quantitative estimate of drug-likeness (QED) is 0.513. The van der Waals surface area contributed by atoms with Crippen LogP contribution in [-0.4, -0.2) is 33.8 Å². The second-order valence-electron chi connectivity index (χ2n) is 8.79. The lowest BCUT2D eigenvalue weighted by molar-refractivity contribution is -0.143. The Labute approximate surface area is 202 Å². The highest BCUT2D eigenvalue weighted by molar-refractivity contribution is 6.30. The number of carboxylic acids is 1. The van der Waals surface area contributed by atoms with E-state index in [1.54, 1.807) is 29.2 Å². The van der Waals surface area contributed by atoms with E-state index in [0.717, 1.165) is 29.5 Å². The van der Waals surface area contributed by atoms with E-state index in [1.807, 2.05) is 42.5 Å². The molecule has 2 unspecified atom stereocenters. The molecule has 0 radical (unpaired) electrons. The van der Waals surface area contributed by atoms with Crippen LogP contribution in [0.4, 0.5) is 5.69 Å². The summed E-state index contributed by atoms with van der Waals surface area (Å²) in [5.41, 5.74) is 4.55. The molecule has 5 rings (SSSR count). The van der Waals surface area contributed by atoms with Gasteiger partial charge in [0.1, 0.15) is 0 Å². The summed E-state index contributed by atoms with van der Waals surface area (Å²) in [7, 11) is 0. The van der Waals surface area contributed by atoms with E-state index in [1.165, 1.54) is 0 Å². The lowest BCUT2D eigenvalue weighted by atomic mass is 10.00. The Hall–Kier alpha value is -3.64. The van der Waals surface area contributed by atoms with Crippen LogP contribution in [0, 0.1) is 5.92 Å². The van der Waals surface area contributed by atoms with Crippen LogP contribution in [0.5, 0.6) is 0 Å². The molecule has 1 fully saturated rings. The van der Waals surface area contributed by atoms with Gasteiger partial charge in [0.15, 0.2) is 0 Å². The number of hydrogen-bond acceptors (Lipinski definition) is 3. The third kappa shape index (κ3) is 4.17. The van der Waals surface area contributed by atoms with Gasteiger partial charge in [0.25, 0.3) is 11.8 Å². The van der Waals surface area contributed by atoms with E-state index in [2.05, 4.69) is 5.32 Å². The number of hydrogen-bond donors (Lipinski definition) is 2. The van der Waals surface area contributed by atoms with Gasteiger partial charge in [-0.1, -0.05) is 42.3 Å². The average molecular weight is 475 g/mol. The molecule has 1 heterocycles. The standard InChI is InChI=1S/C27H23ClN2O4/c28-20-10-6-17(7-11-20)25(31)29-21-12-8-16(9-13-21)18-4-5-19-15-30(26(32)23(19)14-18)24-3-1-2-22(24)27(33)34/h4-14,22,24H,1-3,15H2,(H,29,31)(H,33,34). The van der Waals surface area contributed by atoms with Crippen LogP contribution in [0.2, 0.25) is 5.02 Å². The van der Waals surface area contributed by atoms with Crippen molar-refractivity contribution >= 4 is 35.1 Å². The number of halogens is 1. The van der Waals surface area contributed by atoms with Crippen molar-refractivity contribution in [2.75, 3.05) is 5.32 Å². The second kappa shape index (κ2) is 8.95. The maximum Gasteiger partial charge on any atom is 0.308 e. The Balaban J connectivity index is 1.31. The van der Waals surface area contributed by atoms with Gasteiger partial charge in [-0.15, -0.1) is 0 Å². The molecule has 7 heteroatoms. The van der Waals surface area contributed by atoms with Crippen LogP contribution in [0.15, 0.2) is 66.7 Å². The van der Waals surface area contributed by atoms with Crippen molar-refractivity contribution in [1.82, 2.24) is 4.90 Å². The highest BCUT2D eigenvalue weighted by Crippen LogP contribution is 2.37. The molecule has 2 N–H and O–H groups in total. The van der Waals surface area contributed by atoms with Crippen molar-refractivity contribution in [2.45, 2.75) is 31.8 Å². The van der Waals surface area contributed by atoms with E-state index < -0.39 is 11.9 Å². The third-order valence-electron chi connectivity index (χ3n) is 6.72. The predicted molar refractivity (Wildman–Crippen MR) is 130 cm³/mol. The van der Waals surface area contributed by atoms with Gasteiger partial charge in [0, 0.05) is 34.4 Å². The zero-order chi connectivity index (χ0) is 23.8. The van der Waals surface area contributed by atoms with Crippen LogP contribution >= 0.6 is 11.6 Å². The van der Waals surface area contributed by atoms with E-state index >= 15 is 0 Å². The Morgan fingerprint density at radius 1 is 0.941 bits per heavy atom. The summed E-state index contributed by atoms with van der Waals surface area (Å²) in [6.45, 7) is 0.457. The number of benzene rings is 3. The minimum Gasteiger partial charge on any atom is -0.481 e. The Bertz CT molecular complexity index is 1270. The van der Waals surface area contributed by atoms with Crippen molar-refractivity contribution in [3.05, 3.63) is 88.4 Å². The maximum absolute atomic E-state index is 13.1. The zero-order valence-electron chi connectivity index (χ0n) is 18.3. The molecule has 34 heavy (non-hydrogen) atoms. The van der Waals surface area contributed by atoms with Gasteiger partial charge in [-0.05, 0) is 72.0 Å². The molecule has 172 valence electrons. The summed E-state index contributed by atoms with van der Waals surface area (Å²) >= 11 is 5.88. The second-order valence-corrected chi connectivity index (χ2v) is 9.22. The van der Waals surface area contributed by atoms with Crippen LogP contribution in [0.3, 0.4) is 0 Å². The van der Waals surface area contributed by atoms with Gasteiger partial charge in [0.05, 0.1) is 5.92 Å². The fraction of sp³-hybridized carbons (Fsp3) is 0.222. The smallest absolute Gasteiger partial charge is 0.308 e. The number of fused-ring (bicyclic) bond motifs is 1. The first-order chi connectivity index (χ1) is 16.4. The normalized spacial score (nSPS) is 19.2. The summed E-state index contributed by atoms with van der Waals surface area (Å²) in [4.78, 5) is 38.9. The van der Waals surface area contributed by atoms with E-state index in [0.29, 0.717) is 34.8 Å². The molecule has 1 saturated carbocycles. The summed E-state index contributed by atoms with van der Waals surface area (Å²) in [5, 5.41) is 13.0. The van der Waals surface area contributed by atoms with Crippen molar-refractivity contribution in [3.8, 4) is 11.1 Å². The Kier molecular flexibility index (Phi) is 5.84. The molecular formula is C27H23ClN2O4. The van der Waals surface area contributed by atoms with E-state index in [9.17, 15) is 19.5 Å². The number of amides is 2. The van der Waals surface area contributed by atoms with Gasteiger partial charge >= 0.3 is 5.97 Å². The lowest BCUT2D eigenvalue weighted by Crippen LogP contribution is -2.40. The van der Waals surface area contributed by atoms with Crippen LogP contribution in [0.25, 0.3) is 11.1 Å². The third-order valence-corrected chi connectivity index (χ3v) is 6.97. The van der Waals surface area contributed by atoms with Gasteiger partial charge in [-0.2, -0.15) is 0 Å². The van der Waals surface area contributed by atoms with Gasteiger partial charge < -0.3 is 15.3 Å². The molecular weight excluding hydrogens is 452 g/mol. The van der Waals surface area contributed by atoms with Crippen molar-refractivity contribution in [2.24, 2.45) is 5.92 Å². The molecule has 0 spiro atoms. The molecule has 2 aliphatic rings.